The number of para-hydroxylation sites is 1. The number of rotatable bonds is 4. The number of aryl methyl sites for hydroxylation is 2. The molecule has 0 aliphatic carbocycles. The van der Waals surface area contributed by atoms with Gasteiger partial charge in [0.25, 0.3) is 15.7 Å². The van der Waals surface area contributed by atoms with Crippen LogP contribution in [0.2, 0.25) is 0 Å². The van der Waals surface area contributed by atoms with E-state index in [9.17, 15) is 23.6 Å². The average Bonchev–Trinajstić information content (AvgIpc) is 2.71. The number of nitrogens with zero attached hydrogens (tertiary/aromatic N) is 2. The molecule has 0 fully saturated rings. The number of anilines is 1. The van der Waals surface area contributed by atoms with Crippen molar-refractivity contribution in [3.05, 3.63) is 39.8 Å². The SMILES string of the molecule is Cc1noc(C)c1S(=O)(=O)Nc1c(O)cccc1[N+](=O)[O-]. The van der Waals surface area contributed by atoms with Crippen LogP contribution in [0, 0.1) is 24.0 Å². The summed E-state index contributed by atoms with van der Waals surface area (Å²) in [7, 11) is -4.18. The van der Waals surface area contributed by atoms with Gasteiger partial charge in [-0.05, 0) is 19.9 Å². The van der Waals surface area contributed by atoms with Gasteiger partial charge in [0, 0.05) is 6.07 Å². The quantitative estimate of drug-likeness (QED) is 0.498. The first-order valence-electron chi connectivity index (χ1n) is 5.66. The highest BCUT2D eigenvalue weighted by atomic mass is 32.2. The second-order valence-electron chi connectivity index (χ2n) is 4.19. The van der Waals surface area contributed by atoms with Crippen molar-refractivity contribution in [2.24, 2.45) is 0 Å². The molecular formula is C11H11N3O6S. The maximum absolute atomic E-state index is 12.3. The number of nitro groups is 1. The van der Waals surface area contributed by atoms with Crippen molar-refractivity contribution in [3.63, 3.8) is 0 Å². The molecule has 0 saturated heterocycles. The molecule has 0 amide bonds. The van der Waals surface area contributed by atoms with Gasteiger partial charge in [-0.2, -0.15) is 0 Å². The smallest absolute Gasteiger partial charge is 0.297 e. The second-order valence-corrected chi connectivity index (χ2v) is 5.81. The van der Waals surface area contributed by atoms with E-state index in [4.69, 9.17) is 4.52 Å². The molecule has 1 aromatic heterocycles. The number of sulfonamides is 1. The topological polar surface area (TPSA) is 136 Å². The van der Waals surface area contributed by atoms with Crippen LogP contribution in [0.25, 0.3) is 0 Å². The molecule has 0 unspecified atom stereocenters. The van der Waals surface area contributed by atoms with Gasteiger partial charge in [-0.15, -0.1) is 0 Å². The zero-order chi connectivity index (χ0) is 15.8. The highest BCUT2D eigenvalue weighted by molar-refractivity contribution is 7.92. The van der Waals surface area contributed by atoms with E-state index in [1.54, 1.807) is 0 Å². The third kappa shape index (κ3) is 2.65. The Labute approximate surface area is 119 Å². The van der Waals surface area contributed by atoms with Gasteiger partial charge in [-0.1, -0.05) is 11.2 Å². The summed E-state index contributed by atoms with van der Waals surface area (Å²) >= 11 is 0. The Bertz CT molecular complexity index is 792. The predicted octanol–water partition coefficient (Wildman–Crippen LogP) is 1.71. The van der Waals surface area contributed by atoms with Gasteiger partial charge < -0.3 is 9.63 Å². The Kier molecular flexibility index (Phi) is 3.56. The number of phenolic OH excluding ortho intramolecular Hbond substituents is 1. The van der Waals surface area contributed by atoms with Crippen molar-refractivity contribution in [3.8, 4) is 5.75 Å². The molecule has 0 aliphatic heterocycles. The lowest BCUT2D eigenvalue weighted by molar-refractivity contribution is -0.383. The van der Waals surface area contributed by atoms with E-state index in [2.05, 4.69) is 5.16 Å². The van der Waals surface area contributed by atoms with Crippen LogP contribution in [-0.2, 0) is 10.0 Å². The number of aromatic hydroxyl groups is 1. The summed E-state index contributed by atoms with van der Waals surface area (Å²) in [6.45, 7) is 2.82. The minimum absolute atomic E-state index is 0.0399. The molecule has 0 atom stereocenters. The third-order valence-corrected chi connectivity index (χ3v) is 4.28. The number of hydrogen-bond acceptors (Lipinski definition) is 7. The van der Waals surface area contributed by atoms with Crippen LogP contribution in [-0.4, -0.2) is 23.6 Å². The van der Waals surface area contributed by atoms with Gasteiger partial charge in [0.1, 0.15) is 11.4 Å². The number of phenols is 1. The molecular weight excluding hydrogens is 302 g/mol. The van der Waals surface area contributed by atoms with Crippen LogP contribution in [0.4, 0.5) is 11.4 Å². The van der Waals surface area contributed by atoms with E-state index in [1.165, 1.54) is 19.9 Å². The largest absolute Gasteiger partial charge is 0.505 e. The lowest BCUT2D eigenvalue weighted by Gasteiger charge is -2.09. The lowest BCUT2D eigenvalue weighted by Crippen LogP contribution is -2.15. The Morgan fingerprint density at radius 2 is 2.05 bits per heavy atom. The maximum atomic E-state index is 12.3. The van der Waals surface area contributed by atoms with Crippen molar-refractivity contribution < 1.29 is 23.0 Å². The van der Waals surface area contributed by atoms with Crippen molar-refractivity contribution in [1.29, 1.82) is 0 Å². The van der Waals surface area contributed by atoms with Gasteiger partial charge in [-0.25, -0.2) is 8.42 Å². The average molecular weight is 313 g/mol. The number of hydrogen-bond donors (Lipinski definition) is 2. The standard InChI is InChI=1S/C11H11N3O6S/c1-6-11(7(2)20-12-6)21(18,19)13-10-8(14(16)17)4-3-5-9(10)15/h3-5,13,15H,1-2H3. The molecule has 9 nitrogen and oxygen atoms in total. The summed E-state index contributed by atoms with van der Waals surface area (Å²) in [5.41, 5.74) is -0.967. The first-order chi connectivity index (χ1) is 9.74. The zero-order valence-electron chi connectivity index (χ0n) is 11.0. The summed E-state index contributed by atoms with van der Waals surface area (Å²) in [6.07, 6.45) is 0. The minimum Gasteiger partial charge on any atom is -0.505 e. The van der Waals surface area contributed by atoms with Crippen LogP contribution >= 0.6 is 0 Å². The molecule has 0 spiro atoms. The number of aromatic nitrogens is 1. The van der Waals surface area contributed by atoms with Crippen molar-refractivity contribution in [1.82, 2.24) is 5.16 Å². The maximum Gasteiger partial charge on any atom is 0.297 e. The molecule has 21 heavy (non-hydrogen) atoms. The lowest BCUT2D eigenvalue weighted by atomic mass is 10.2. The van der Waals surface area contributed by atoms with E-state index in [0.29, 0.717) is 0 Å². The molecule has 1 heterocycles. The van der Waals surface area contributed by atoms with Crippen LogP contribution in [0.3, 0.4) is 0 Å². The van der Waals surface area contributed by atoms with Crippen molar-refractivity contribution >= 4 is 21.4 Å². The zero-order valence-corrected chi connectivity index (χ0v) is 11.8. The van der Waals surface area contributed by atoms with Crippen molar-refractivity contribution in [2.45, 2.75) is 18.7 Å². The Morgan fingerprint density at radius 1 is 1.38 bits per heavy atom. The first kappa shape index (κ1) is 14.8. The molecule has 2 rings (SSSR count). The number of nitro benzene ring substituents is 1. The molecule has 0 aliphatic rings. The third-order valence-electron chi connectivity index (χ3n) is 2.69. The Hall–Kier alpha value is -2.62. The summed E-state index contributed by atoms with van der Waals surface area (Å²) in [5.74, 6) is -0.516. The summed E-state index contributed by atoms with van der Waals surface area (Å²) in [6, 6.07) is 3.45. The monoisotopic (exact) mass is 313 g/mol. The molecule has 2 aromatic rings. The summed E-state index contributed by atoms with van der Waals surface area (Å²) < 4.78 is 31.3. The van der Waals surface area contributed by atoms with E-state index in [-0.39, 0.29) is 16.3 Å². The molecule has 0 radical (unpaired) electrons. The molecule has 0 saturated carbocycles. The fourth-order valence-corrected chi connectivity index (χ4v) is 3.25. The van der Waals surface area contributed by atoms with Gasteiger partial charge in [0.05, 0.1) is 4.92 Å². The Morgan fingerprint density at radius 3 is 2.57 bits per heavy atom. The minimum atomic E-state index is -4.18. The Balaban J connectivity index is 2.55. The molecule has 2 N–H and O–H groups in total. The van der Waals surface area contributed by atoms with Crippen LogP contribution in [0.15, 0.2) is 27.6 Å². The number of benzene rings is 1. The fraction of sp³-hybridized carbons (Fsp3) is 0.182. The summed E-state index contributed by atoms with van der Waals surface area (Å²) in [5, 5.41) is 24.1. The number of nitrogens with one attached hydrogen (secondary N) is 1. The molecule has 10 heteroatoms. The van der Waals surface area contributed by atoms with Crippen LogP contribution < -0.4 is 4.72 Å². The van der Waals surface area contributed by atoms with Crippen LogP contribution in [0.5, 0.6) is 5.75 Å². The molecule has 112 valence electrons. The fourth-order valence-electron chi connectivity index (χ4n) is 1.83. The van der Waals surface area contributed by atoms with E-state index in [1.807, 2.05) is 4.72 Å². The van der Waals surface area contributed by atoms with E-state index < -0.39 is 32.1 Å². The predicted molar refractivity (Wildman–Crippen MR) is 71.5 cm³/mol. The highest BCUT2D eigenvalue weighted by Gasteiger charge is 2.28. The molecule has 0 bridgehead atoms. The van der Waals surface area contributed by atoms with Gasteiger partial charge >= 0.3 is 0 Å². The highest BCUT2D eigenvalue weighted by Crippen LogP contribution is 2.35. The summed E-state index contributed by atoms with van der Waals surface area (Å²) in [4.78, 5) is 9.89. The van der Waals surface area contributed by atoms with E-state index in [0.717, 1.165) is 12.1 Å². The van der Waals surface area contributed by atoms with Gasteiger partial charge in [0.15, 0.2) is 16.3 Å². The van der Waals surface area contributed by atoms with E-state index >= 15 is 0 Å². The first-order valence-corrected chi connectivity index (χ1v) is 7.14. The normalized spacial score (nSPS) is 11.3. The molecule has 1 aromatic carbocycles. The second kappa shape index (κ2) is 5.05. The van der Waals surface area contributed by atoms with Gasteiger partial charge in [0.2, 0.25) is 0 Å². The van der Waals surface area contributed by atoms with Crippen LogP contribution in [0.1, 0.15) is 11.5 Å². The van der Waals surface area contributed by atoms with Gasteiger partial charge in [-0.3, -0.25) is 14.8 Å². The van der Waals surface area contributed by atoms with Crippen molar-refractivity contribution in [2.75, 3.05) is 4.72 Å².